The number of nitrogens with zero attached hydrogens (tertiary/aromatic N) is 2. The number of ether oxygens (including phenoxy) is 1. The number of carbonyl (C=O) groups is 1. The van der Waals surface area contributed by atoms with Crippen LogP contribution in [0.4, 0.5) is 18.9 Å². The Bertz CT molecular complexity index is 1290. The highest BCUT2D eigenvalue weighted by atomic mass is 19.4. The lowest BCUT2D eigenvalue weighted by Gasteiger charge is -2.14. The number of fused-ring (bicyclic) bond motifs is 3. The summed E-state index contributed by atoms with van der Waals surface area (Å²) in [5.74, 6) is -0.779. The molecular formula is C20H14F3N3O4. The monoisotopic (exact) mass is 417 g/mol. The number of nitrogens with one attached hydrogen (secondary N) is 1. The van der Waals surface area contributed by atoms with Crippen LogP contribution in [-0.4, -0.2) is 28.2 Å². The largest absolute Gasteiger partial charge is 0.482 e. The van der Waals surface area contributed by atoms with E-state index in [-0.39, 0.29) is 17.0 Å². The number of amides is 1. The molecule has 7 nitrogen and oxygen atoms in total. The summed E-state index contributed by atoms with van der Waals surface area (Å²) in [6.07, 6.45) is -3.30. The third-order valence-corrected chi connectivity index (χ3v) is 4.22. The van der Waals surface area contributed by atoms with E-state index < -0.39 is 30.8 Å². The topological polar surface area (TPSA) is 86.4 Å². The van der Waals surface area contributed by atoms with Crippen molar-refractivity contribution in [2.45, 2.75) is 12.7 Å². The molecule has 30 heavy (non-hydrogen) atoms. The first-order chi connectivity index (χ1) is 14.3. The number of rotatable bonds is 5. The van der Waals surface area contributed by atoms with E-state index in [1.54, 1.807) is 24.3 Å². The van der Waals surface area contributed by atoms with Gasteiger partial charge in [0, 0.05) is 5.39 Å². The number of carbonyl (C=O) groups excluding carboxylic acids is 1. The molecule has 4 rings (SSSR count). The summed E-state index contributed by atoms with van der Waals surface area (Å²) in [5, 5.41) is 3.13. The predicted octanol–water partition coefficient (Wildman–Crippen LogP) is 3.72. The molecule has 0 saturated carbocycles. The Morgan fingerprint density at radius 3 is 2.67 bits per heavy atom. The van der Waals surface area contributed by atoms with E-state index in [2.05, 4.69) is 10.3 Å². The Morgan fingerprint density at radius 1 is 1.13 bits per heavy atom. The maximum atomic E-state index is 12.7. The number of hydrogen-bond donors (Lipinski definition) is 1. The third kappa shape index (κ3) is 3.97. The van der Waals surface area contributed by atoms with Gasteiger partial charge in [0.25, 0.3) is 5.56 Å². The lowest BCUT2D eigenvalue weighted by atomic mass is 10.2. The Balaban J connectivity index is 1.55. The molecule has 0 aliphatic carbocycles. The summed E-state index contributed by atoms with van der Waals surface area (Å²) in [6.45, 7) is -1.90. The van der Waals surface area contributed by atoms with Crippen molar-refractivity contribution in [2.24, 2.45) is 0 Å². The highest BCUT2D eigenvalue weighted by Crippen LogP contribution is 2.27. The van der Waals surface area contributed by atoms with Gasteiger partial charge < -0.3 is 14.5 Å². The molecule has 0 radical (unpaired) electrons. The zero-order valence-corrected chi connectivity index (χ0v) is 15.3. The number of anilines is 1. The highest BCUT2D eigenvalue weighted by Gasteiger charge is 2.29. The van der Waals surface area contributed by atoms with Gasteiger partial charge in [0.2, 0.25) is 11.5 Å². The van der Waals surface area contributed by atoms with E-state index in [1.165, 1.54) is 30.6 Å². The predicted molar refractivity (Wildman–Crippen MR) is 102 cm³/mol. The SMILES string of the molecule is O=C(Cn1cnc2c(oc3ccccc32)c1=O)Nc1ccccc1OCC(F)(F)F. The average Bonchev–Trinajstić information content (AvgIpc) is 3.08. The van der Waals surface area contributed by atoms with Crippen LogP contribution in [-0.2, 0) is 11.3 Å². The number of hydrogen-bond acceptors (Lipinski definition) is 5. The zero-order chi connectivity index (χ0) is 21.3. The molecule has 0 fully saturated rings. The van der Waals surface area contributed by atoms with Gasteiger partial charge in [-0.05, 0) is 24.3 Å². The molecule has 154 valence electrons. The van der Waals surface area contributed by atoms with Gasteiger partial charge >= 0.3 is 6.18 Å². The standard InChI is InChI=1S/C20H14F3N3O4/c21-20(22,23)10-29-15-8-4-2-6-13(15)25-16(27)9-26-11-24-17-12-5-1-3-7-14(12)30-18(17)19(26)28/h1-8,11H,9-10H2,(H,25,27). The van der Waals surface area contributed by atoms with Gasteiger partial charge in [0.05, 0.1) is 12.0 Å². The van der Waals surface area contributed by atoms with Crippen LogP contribution < -0.4 is 15.6 Å². The van der Waals surface area contributed by atoms with Crippen LogP contribution >= 0.6 is 0 Å². The van der Waals surface area contributed by atoms with Crippen LogP contribution in [0.15, 0.2) is 64.1 Å². The molecule has 0 aliphatic heterocycles. The summed E-state index contributed by atoms with van der Waals surface area (Å²) >= 11 is 0. The Morgan fingerprint density at radius 2 is 1.87 bits per heavy atom. The first-order valence-corrected chi connectivity index (χ1v) is 8.77. The molecule has 2 aromatic carbocycles. The minimum Gasteiger partial charge on any atom is -0.482 e. The molecule has 0 saturated heterocycles. The van der Waals surface area contributed by atoms with E-state index in [0.29, 0.717) is 16.5 Å². The van der Waals surface area contributed by atoms with Crippen molar-refractivity contribution in [3.63, 3.8) is 0 Å². The molecule has 1 amide bonds. The summed E-state index contributed by atoms with van der Waals surface area (Å²) in [5.41, 5.74) is 0.402. The second kappa shape index (κ2) is 7.54. The van der Waals surface area contributed by atoms with Crippen LogP contribution in [0.2, 0.25) is 0 Å². The fraction of sp³-hybridized carbons (Fsp3) is 0.150. The van der Waals surface area contributed by atoms with E-state index >= 15 is 0 Å². The maximum Gasteiger partial charge on any atom is 0.422 e. The van der Waals surface area contributed by atoms with Crippen molar-refractivity contribution < 1.29 is 27.1 Å². The number of alkyl halides is 3. The molecular weight excluding hydrogens is 403 g/mol. The summed E-state index contributed by atoms with van der Waals surface area (Å²) in [7, 11) is 0. The third-order valence-electron chi connectivity index (χ3n) is 4.22. The molecule has 0 unspecified atom stereocenters. The Kier molecular flexibility index (Phi) is 4.90. The summed E-state index contributed by atoms with van der Waals surface area (Å²) < 4.78 is 48.6. The van der Waals surface area contributed by atoms with Crippen LogP contribution in [0.1, 0.15) is 0 Å². The molecule has 0 aliphatic rings. The smallest absolute Gasteiger partial charge is 0.422 e. The van der Waals surface area contributed by atoms with Gasteiger partial charge in [-0.1, -0.05) is 24.3 Å². The number of halogens is 3. The van der Waals surface area contributed by atoms with Gasteiger partial charge in [-0.15, -0.1) is 0 Å². The number of benzene rings is 2. The quantitative estimate of drug-likeness (QED) is 0.535. The highest BCUT2D eigenvalue weighted by molar-refractivity contribution is 6.01. The van der Waals surface area contributed by atoms with E-state index in [0.717, 1.165) is 4.57 Å². The van der Waals surface area contributed by atoms with Gasteiger partial charge in [-0.25, -0.2) is 4.98 Å². The molecule has 0 bridgehead atoms. The van der Waals surface area contributed by atoms with E-state index in [1.807, 2.05) is 0 Å². The van der Waals surface area contributed by atoms with Crippen molar-refractivity contribution >= 4 is 33.7 Å². The molecule has 2 heterocycles. The van der Waals surface area contributed by atoms with Crippen LogP contribution in [0.5, 0.6) is 5.75 Å². The second-order valence-corrected chi connectivity index (χ2v) is 6.40. The van der Waals surface area contributed by atoms with Crippen molar-refractivity contribution in [1.82, 2.24) is 9.55 Å². The Labute approximate surface area is 166 Å². The lowest BCUT2D eigenvalue weighted by Crippen LogP contribution is -2.28. The van der Waals surface area contributed by atoms with Crippen LogP contribution in [0, 0.1) is 0 Å². The van der Waals surface area contributed by atoms with Gasteiger partial charge in [-0.3, -0.25) is 14.2 Å². The van der Waals surface area contributed by atoms with Gasteiger partial charge in [0.15, 0.2) is 6.61 Å². The maximum absolute atomic E-state index is 12.7. The second-order valence-electron chi connectivity index (χ2n) is 6.40. The molecule has 0 atom stereocenters. The zero-order valence-electron chi connectivity index (χ0n) is 15.3. The minimum absolute atomic E-state index is 0.0143. The summed E-state index contributed by atoms with van der Waals surface area (Å²) in [4.78, 5) is 29.3. The van der Waals surface area contributed by atoms with Crippen molar-refractivity contribution in [2.75, 3.05) is 11.9 Å². The average molecular weight is 417 g/mol. The first kappa shape index (κ1) is 19.5. The number of furan rings is 1. The molecule has 4 aromatic rings. The number of aromatic nitrogens is 2. The normalized spacial score (nSPS) is 11.7. The fourth-order valence-corrected chi connectivity index (χ4v) is 2.93. The molecule has 0 spiro atoms. The van der Waals surface area contributed by atoms with Crippen molar-refractivity contribution in [1.29, 1.82) is 0 Å². The van der Waals surface area contributed by atoms with Crippen molar-refractivity contribution in [3.05, 3.63) is 65.2 Å². The van der Waals surface area contributed by atoms with Crippen molar-refractivity contribution in [3.8, 4) is 5.75 Å². The molecule has 1 N–H and O–H groups in total. The van der Waals surface area contributed by atoms with Gasteiger partial charge in [0.1, 0.15) is 23.4 Å². The van der Waals surface area contributed by atoms with Crippen LogP contribution in [0.3, 0.4) is 0 Å². The fourth-order valence-electron chi connectivity index (χ4n) is 2.93. The molecule has 2 aromatic heterocycles. The summed E-state index contributed by atoms with van der Waals surface area (Å²) in [6, 6.07) is 12.7. The minimum atomic E-state index is -4.52. The lowest BCUT2D eigenvalue weighted by molar-refractivity contribution is -0.153. The number of para-hydroxylation sites is 3. The first-order valence-electron chi connectivity index (χ1n) is 8.77. The van der Waals surface area contributed by atoms with Crippen LogP contribution in [0.25, 0.3) is 22.1 Å². The van der Waals surface area contributed by atoms with E-state index in [9.17, 15) is 22.8 Å². The molecule has 10 heteroatoms. The van der Waals surface area contributed by atoms with Gasteiger partial charge in [-0.2, -0.15) is 13.2 Å². The van der Waals surface area contributed by atoms with E-state index in [4.69, 9.17) is 9.15 Å². The Hall–Kier alpha value is -3.82.